The van der Waals surface area contributed by atoms with Crippen LogP contribution in [0.4, 0.5) is 0 Å². The van der Waals surface area contributed by atoms with Gasteiger partial charge in [-0.25, -0.2) is 4.98 Å². The van der Waals surface area contributed by atoms with Gasteiger partial charge in [0, 0.05) is 50.6 Å². The smallest absolute Gasteiger partial charge is 0.163 e. The molecule has 2 rings (SSSR count). The number of hydrogen-bond donors (Lipinski definition) is 1. The van der Waals surface area contributed by atoms with Gasteiger partial charge < -0.3 is 10.3 Å². The standard InChI is InChI=1S/C13H16N4O/c1-17-7-6-16-13(17)3-2-12(18)10-4-5-15-11(8-10)9-14/h4-8H,2-3,9,14H2,1H3. The minimum atomic E-state index is 0.0927. The number of Topliss-reactive ketones (excluding diaryl/α,β-unsaturated/α-hetero) is 1. The highest BCUT2D eigenvalue weighted by molar-refractivity contribution is 5.96. The van der Waals surface area contributed by atoms with E-state index in [2.05, 4.69) is 9.97 Å². The van der Waals surface area contributed by atoms with Crippen LogP contribution in [0.25, 0.3) is 0 Å². The van der Waals surface area contributed by atoms with E-state index >= 15 is 0 Å². The van der Waals surface area contributed by atoms with Crippen LogP contribution in [0.3, 0.4) is 0 Å². The minimum absolute atomic E-state index is 0.0927. The van der Waals surface area contributed by atoms with E-state index in [4.69, 9.17) is 5.73 Å². The topological polar surface area (TPSA) is 73.8 Å². The van der Waals surface area contributed by atoms with Crippen molar-refractivity contribution in [3.8, 4) is 0 Å². The average molecular weight is 244 g/mol. The van der Waals surface area contributed by atoms with Crippen molar-refractivity contribution in [2.75, 3.05) is 0 Å². The van der Waals surface area contributed by atoms with E-state index < -0.39 is 0 Å². The number of rotatable bonds is 5. The Hall–Kier alpha value is -2.01. The molecule has 0 unspecified atom stereocenters. The third-order valence-electron chi connectivity index (χ3n) is 2.84. The lowest BCUT2D eigenvalue weighted by molar-refractivity contribution is 0.0981. The molecule has 0 spiro atoms. The molecule has 0 atom stereocenters. The van der Waals surface area contributed by atoms with E-state index in [-0.39, 0.29) is 5.78 Å². The molecule has 0 saturated heterocycles. The number of nitrogens with two attached hydrogens (primary N) is 1. The fourth-order valence-electron chi connectivity index (χ4n) is 1.77. The van der Waals surface area contributed by atoms with E-state index in [1.54, 1.807) is 24.5 Å². The second-order valence-corrected chi connectivity index (χ2v) is 4.12. The summed E-state index contributed by atoms with van der Waals surface area (Å²) in [7, 11) is 1.92. The van der Waals surface area contributed by atoms with Gasteiger partial charge in [-0.15, -0.1) is 0 Å². The van der Waals surface area contributed by atoms with Crippen molar-refractivity contribution < 1.29 is 4.79 Å². The number of aromatic nitrogens is 3. The van der Waals surface area contributed by atoms with Crippen LogP contribution < -0.4 is 5.73 Å². The molecule has 0 bridgehead atoms. The fourth-order valence-corrected chi connectivity index (χ4v) is 1.77. The minimum Gasteiger partial charge on any atom is -0.338 e. The lowest BCUT2D eigenvalue weighted by Gasteiger charge is -2.03. The van der Waals surface area contributed by atoms with Crippen LogP contribution in [0.15, 0.2) is 30.7 Å². The predicted octanol–water partition coefficient (Wildman–Crippen LogP) is 1.09. The third-order valence-corrected chi connectivity index (χ3v) is 2.84. The maximum atomic E-state index is 12.0. The molecule has 0 radical (unpaired) electrons. The molecule has 2 heterocycles. The molecule has 2 aromatic heterocycles. The maximum absolute atomic E-state index is 12.0. The fraction of sp³-hybridized carbons (Fsp3) is 0.308. The number of aryl methyl sites for hydroxylation is 2. The van der Waals surface area contributed by atoms with Crippen molar-refractivity contribution in [1.82, 2.24) is 14.5 Å². The van der Waals surface area contributed by atoms with Gasteiger partial charge in [-0.2, -0.15) is 0 Å². The third kappa shape index (κ3) is 2.81. The Morgan fingerprint density at radius 3 is 2.89 bits per heavy atom. The molecule has 94 valence electrons. The van der Waals surface area contributed by atoms with Gasteiger partial charge >= 0.3 is 0 Å². The van der Waals surface area contributed by atoms with Gasteiger partial charge in [0.05, 0.1) is 5.69 Å². The van der Waals surface area contributed by atoms with Crippen LogP contribution in [0, 0.1) is 0 Å². The molecule has 0 fully saturated rings. The van der Waals surface area contributed by atoms with Crippen molar-refractivity contribution in [3.05, 3.63) is 47.8 Å². The summed E-state index contributed by atoms with van der Waals surface area (Å²) in [4.78, 5) is 20.3. The monoisotopic (exact) mass is 244 g/mol. The molecule has 2 N–H and O–H groups in total. The highest BCUT2D eigenvalue weighted by Crippen LogP contribution is 2.08. The van der Waals surface area contributed by atoms with Crippen molar-refractivity contribution in [1.29, 1.82) is 0 Å². The Bertz CT molecular complexity index is 547. The first kappa shape index (κ1) is 12.4. The molecule has 0 aliphatic rings. The molecule has 0 saturated carbocycles. The van der Waals surface area contributed by atoms with Crippen LogP contribution >= 0.6 is 0 Å². The van der Waals surface area contributed by atoms with Crippen molar-refractivity contribution in [3.63, 3.8) is 0 Å². The Morgan fingerprint density at radius 2 is 2.22 bits per heavy atom. The van der Waals surface area contributed by atoms with E-state index in [9.17, 15) is 4.79 Å². The highest BCUT2D eigenvalue weighted by atomic mass is 16.1. The van der Waals surface area contributed by atoms with Gasteiger partial charge in [0.15, 0.2) is 5.78 Å². The highest BCUT2D eigenvalue weighted by Gasteiger charge is 2.08. The van der Waals surface area contributed by atoms with Crippen molar-refractivity contribution >= 4 is 5.78 Å². The summed E-state index contributed by atoms with van der Waals surface area (Å²) in [6.45, 7) is 0.348. The molecule has 18 heavy (non-hydrogen) atoms. The van der Waals surface area contributed by atoms with Crippen LogP contribution in [0.2, 0.25) is 0 Å². The summed E-state index contributed by atoms with van der Waals surface area (Å²) in [6, 6.07) is 3.47. The summed E-state index contributed by atoms with van der Waals surface area (Å²) in [6.07, 6.45) is 6.31. The second kappa shape index (κ2) is 5.55. The largest absolute Gasteiger partial charge is 0.338 e. The molecule has 2 aromatic rings. The predicted molar refractivity (Wildman–Crippen MR) is 68.0 cm³/mol. The quantitative estimate of drug-likeness (QED) is 0.799. The first-order valence-corrected chi connectivity index (χ1v) is 5.85. The normalized spacial score (nSPS) is 10.6. The zero-order valence-corrected chi connectivity index (χ0v) is 10.3. The number of carbonyl (C=O) groups is 1. The Balaban J connectivity index is 2.01. The number of nitrogens with zero attached hydrogens (tertiary/aromatic N) is 3. The van der Waals surface area contributed by atoms with Gasteiger partial charge in [0.25, 0.3) is 0 Å². The van der Waals surface area contributed by atoms with Gasteiger partial charge in [0.1, 0.15) is 5.82 Å². The average Bonchev–Trinajstić information content (AvgIpc) is 2.81. The van der Waals surface area contributed by atoms with E-state index in [0.29, 0.717) is 24.9 Å². The van der Waals surface area contributed by atoms with E-state index in [1.807, 2.05) is 17.8 Å². The Labute approximate surface area is 106 Å². The molecule has 0 aliphatic heterocycles. The van der Waals surface area contributed by atoms with Gasteiger partial charge in [-0.1, -0.05) is 0 Å². The molecule has 5 nitrogen and oxygen atoms in total. The number of carbonyl (C=O) groups excluding carboxylic acids is 1. The van der Waals surface area contributed by atoms with Gasteiger partial charge in [-0.05, 0) is 12.1 Å². The molecular formula is C13H16N4O. The first-order chi connectivity index (χ1) is 8.70. The number of ketones is 1. The lowest BCUT2D eigenvalue weighted by atomic mass is 10.1. The summed E-state index contributed by atoms with van der Waals surface area (Å²) < 4.78 is 1.92. The first-order valence-electron chi connectivity index (χ1n) is 5.85. The molecule has 0 aromatic carbocycles. The molecule has 0 aliphatic carbocycles. The number of hydrogen-bond acceptors (Lipinski definition) is 4. The lowest BCUT2D eigenvalue weighted by Crippen LogP contribution is -2.07. The van der Waals surface area contributed by atoms with Crippen molar-refractivity contribution in [2.45, 2.75) is 19.4 Å². The second-order valence-electron chi connectivity index (χ2n) is 4.12. The summed E-state index contributed by atoms with van der Waals surface area (Å²) in [5.41, 5.74) is 6.90. The van der Waals surface area contributed by atoms with E-state index in [0.717, 1.165) is 11.5 Å². The summed E-state index contributed by atoms with van der Waals surface area (Å²) in [5, 5.41) is 0. The zero-order chi connectivity index (χ0) is 13.0. The molecule has 0 amide bonds. The Morgan fingerprint density at radius 1 is 1.39 bits per heavy atom. The molecule has 5 heteroatoms. The van der Waals surface area contributed by atoms with Crippen molar-refractivity contribution in [2.24, 2.45) is 12.8 Å². The van der Waals surface area contributed by atoms with Crippen LogP contribution in [0.5, 0.6) is 0 Å². The SMILES string of the molecule is Cn1ccnc1CCC(=O)c1ccnc(CN)c1. The molecular weight excluding hydrogens is 228 g/mol. The van der Waals surface area contributed by atoms with Gasteiger partial charge in [-0.3, -0.25) is 9.78 Å². The summed E-state index contributed by atoms with van der Waals surface area (Å²) >= 11 is 0. The van der Waals surface area contributed by atoms with Crippen LogP contribution in [-0.4, -0.2) is 20.3 Å². The van der Waals surface area contributed by atoms with Gasteiger partial charge in [0.2, 0.25) is 0 Å². The number of pyridine rings is 1. The van der Waals surface area contributed by atoms with Crippen LogP contribution in [-0.2, 0) is 20.0 Å². The maximum Gasteiger partial charge on any atom is 0.163 e. The zero-order valence-electron chi connectivity index (χ0n) is 10.3. The van der Waals surface area contributed by atoms with Crippen LogP contribution in [0.1, 0.15) is 28.3 Å². The number of imidazole rings is 1. The summed E-state index contributed by atoms with van der Waals surface area (Å²) in [5.74, 6) is 1.01. The Kier molecular flexibility index (Phi) is 3.84. The van der Waals surface area contributed by atoms with E-state index in [1.165, 1.54) is 0 Å².